The summed E-state index contributed by atoms with van der Waals surface area (Å²) in [5, 5.41) is 10.3. The lowest BCUT2D eigenvalue weighted by molar-refractivity contribution is -0.148. The molecule has 0 spiro atoms. The summed E-state index contributed by atoms with van der Waals surface area (Å²) in [5.41, 5.74) is 1.95. The van der Waals surface area contributed by atoms with Gasteiger partial charge < -0.3 is 14.4 Å². The number of rotatable bonds is 5. The number of fused-ring (bicyclic) bond motifs is 4. The zero-order valence-electron chi connectivity index (χ0n) is 19.4. The number of benzene rings is 2. The molecule has 35 heavy (non-hydrogen) atoms. The molecule has 4 atom stereocenters. The molecule has 1 aromatic heterocycles. The van der Waals surface area contributed by atoms with Crippen molar-refractivity contribution in [1.29, 1.82) is 0 Å². The van der Waals surface area contributed by atoms with Gasteiger partial charge in [-0.15, -0.1) is 0 Å². The van der Waals surface area contributed by atoms with Gasteiger partial charge >= 0.3 is 5.97 Å². The van der Waals surface area contributed by atoms with Gasteiger partial charge in [-0.25, -0.2) is 8.42 Å². The monoisotopic (exact) mass is 494 g/mol. The average molecular weight is 495 g/mol. The van der Waals surface area contributed by atoms with Crippen molar-refractivity contribution in [1.82, 2.24) is 8.87 Å². The zero-order valence-corrected chi connectivity index (χ0v) is 20.2. The highest BCUT2D eigenvalue weighted by molar-refractivity contribution is 7.89. The van der Waals surface area contributed by atoms with Crippen LogP contribution in [0.2, 0.25) is 0 Å². The van der Waals surface area contributed by atoms with Crippen molar-refractivity contribution in [2.45, 2.75) is 30.4 Å². The van der Waals surface area contributed by atoms with Gasteiger partial charge in [0.25, 0.3) is 5.56 Å². The number of ether oxygens (including phenoxy) is 1. The number of aryl methyl sites for hydroxylation is 1. The summed E-state index contributed by atoms with van der Waals surface area (Å²) < 4.78 is 35.9. The number of carbonyl (C=O) groups excluding carboxylic acids is 1. The lowest BCUT2D eigenvalue weighted by Gasteiger charge is -2.37. The molecule has 2 bridgehead atoms. The number of nitrogens with zero attached hydrogens (tertiary/aromatic N) is 2. The van der Waals surface area contributed by atoms with E-state index in [-0.39, 0.29) is 17.0 Å². The highest BCUT2D eigenvalue weighted by Gasteiger charge is 2.60. The van der Waals surface area contributed by atoms with Crippen LogP contribution in [-0.2, 0) is 26.1 Å². The van der Waals surface area contributed by atoms with Gasteiger partial charge in [-0.1, -0.05) is 48.5 Å². The molecule has 3 aromatic rings. The van der Waals surface area contributed by atoms with Crippen LogP contribution in [0.5, 0.6) is 0 Å². The fraction of sp³-hybridized carbons (Fsp3) is 0.308. The second-order valence-electron chi connectivity index (χ2n) is 8.96. The SMILES string of the molecule is COC(=O)[C@@H]1[C@@H](CO)[C@@H]2Cn3c(ccc(-c4ccccc4)c3=O)[C@H]1N2S(=O)(=O)c1ccccc1C. The van der Waals surface area contributed by atoms with Crippen LogP contribution in [0.1, 0.15) is 17.3 Å². The normalized spacial score (nSPS) is 23.6. The molecule has 1 fully saturated rings. The Labute approximate surface area is 203 Å². The van der Waals surface area contributed by atoms with Crippen molar-refractivity contribution in [2.75, 3.05) is 13.7 Å². The minimum absolute atomic E-state index is 0.0230. The first-order valence-corrected chi connectivity index (χ1v) is 12.8. The van der Waals surface area contributed by atoms with Crippen molar-refractivity contribution in [3.63, 3.8) is 0 Å². The van der Waals surface area contributed by atoms with Crippen LogP contribution < -0.4 is 5.56 Å². The predicted molar refractivity (Wildman–Crippen MR) is 129 cm³/mol. The Morgan fingerprint density at radius 2 is 1.74 bits per heavy atom. The first kappa shape index (κ1) is 23.5. The standard InChI is InChI=1S/C26H26N2O6S/c1-16-8-6-7-11-22(16)35(32,33)28-21-14-27-20(24(28)23(19(21)15-29)26(31)34-2)13-12-18(25(27)30)17-9-4-3-5-10-17/h3-13,19,21,23-24,29H,14-15H2,1-2H3/t19-,21-,23+,24+/m0/s1. The Balaban J connectivity index is 1.73. The third-order valence-corrected chi connectivity index (χ3v) is 9.26. The fourth-order valence-corrected chi connectivity index (χ4v) is 7.65. The lowest BCUT2D eigenvalue weighted by Crippen LogP contribution is -2.49. The second-order valence-corrected chi connectivity index (χ2v) is 10.8. The number of esters is 1. The van der Waals surface area contributed by atoms with Crippen LogP contribution in [-0.4, -0.2) is 48.1 Å². The minimum Gasteiger partial charge on any atom is -0.469 e. The third-order valence-electron chi connectivity index (χ3n) is 7.20. The van der Waals surface area contributed by atoms with Gasteiger partial charge in [-0.3, -0.25) is 9.59 Å². The second kappa shape index (κ2) is 8.75. The summed E-state index contributed by atoms with van der Waals surface area (Å²) in [6, 6.07) is 17.5. The lowest BCUT2D eigenvalue weighted by atomic mass is 9.87. The van der Waals surface area contributed by atoms with Gasteiger partial charge in [0.15, 0.2) is 0 Å². The van der Waals surface area contributed by atoms with Gasteiger partial charge in [-0.05, 0) is 36.2 Å². The number of carbonyl (C=O) groups is 1. The third kappa shape index (κ3) is 3.53. The Bertz CT molecular complexity index is 1450. The Morgan fingerprint density at radius 1 is 1.06 bits per heavy atom. The summed E-state index contributed by atoms with van der Waals surface area (Å²) >= 11 is 0. The molecular weight excluding hydrogens is 468 g/mol. The summed E-state index contributed by atoms with van der Waals surface area (Å²) in [5.74, 6) is -2.30. The molecule has 0 unspecified atom stereocenters. The molecular formula is C26H26N2O6S. The number of methoxy groups -OCH3 is 1. The molecule has 2 aliphatic heterocycles. The Kier molecular flexibility index (Phi) is 5.86. The van der Waals surface area contributed by atoms with E-state index in [1.165, 1.54) is 17.5 Å². The van der Waals surface area contributed by atoms with E-state index in [1.54, 1.807) is 41.8 Å². The zero-order chi connectivity index (χ0) is 24.9. The number of aliphatic hydroxyl groups excluding tert-OH is 1. The molecule has 1 saturated heterocycles. The maximum Gasteiger partial charge on any atom is 0.311 e. The molecule has 9 heteroatoms. The number of aliphatic hydroxyl groups is 1. The summed E-state index contributed by atoms with van der Waals surface area (Å²) in [6.07, 6.45) is 0. The van der Waals surface area contributed by atoms with Gasteiger partial charge in [0.2, 0.25) is 10.0 Å². The molecule has 8 nitrogen and oxygen atoms in total. The van der Waals surface area contributed by atoms with E-state index in [0.29, 0.717) is 16.8 Å². The van der Waals surface area contributed by atoms with Gasteiger partial charge in [0.05, 0.1) is 24.0 Å². The van der Waals surface area contributed by atoms with Gasteiger partial charge in [-0.2, -0.15) is 4.31 Å². The highest BCUT2D eigenvalue weighted by Crippen LogP contribution is 2.51. The van der Waals surface area contributed by atoms with Crippen molar-refractivity contribution in [3.05, 3.63) is 88.3 Å². The van der Waals surface area contributed by atoms with E-state index in [1.807, 2.05) is 30.3 Å². The van der Waals surface area contributed by atoms with E-state index in [0.717, 1.165) is 5.56 Å². The largest absolute Gasteiger partial charge is 0.469 e. The highest BCUT2D eigenvalue weighted by atomic mass is 32.2. The summed E-state index contributed by atoms with van der Waals surface area (Å²) in [4.78, 5) is 26.6. The minimum atomic E-state index is -4.07. The molecule has 0 amide bonds. The summed E-state index contributed by atoms with van der Waals surface area (Å²) in [6.45, 7) is 1.31. The maximum absolute atomic E-state index is 14.0. The van der Waals surface area contributed by atoms with Gasteiger partial charge in [0, 0.05) is 36.4 Å². The van der Waals surface area contributed by atoms with E-state index in [9.17, 15) is 23.1 Å². The average Bonchev–Trinajstić information content (AvgIpc) is 3.12. The summed E-state index contributed by atoms with van der Waals surface area (Å²) in [7, 11) is -2.82. The molecule has 3 heterocycles. The van der Waals surface area contributed by atoms with Crippen LogP contribution in [0.4, 0.5) is 0 Å². The van der Waals surface area contributed by atoms with E-state index >= 15 is 0 Å². The number of sulfonamides is 1. The van der Waals surface area contributed by atoms with Gasteiger partial charge in [0.1, 0.15) is 0 Å². The molecule has 182 valence electrons. The number of aromatic nitrogens is 1. The van der Waals surface area contributed by atoms with Crippen LogP contribution in [0.25, 0.3) is 11.1 Å². The Morgan fingerprint density at radius 3 is 2.40 bits per heavy atom. The molecule has 5 rings (SSSR count). The molecule has 0 aliphatic carbocycles. The number of hydrogen-bond acceptors (Lipinski definition) is 6. The van der Waals surface area contributed by atoms with Crippen molar-refractivity contribution in [2.24, 2.45) is 11.8 Å². The van der Waals surface area contributed by atoms with Crippen LogP contribution in [0.15, 0.2) is 76.4 Å². The van der Waals surface area contributed by atoms with Crippen LogP contribution in [0.3, 0.4) is 0 Å². The number of hydrogen-bond donors (Lipinski definition) is 1. The van der Waals surface area contributed by atoms with E-state index in [2.05, 4.69) is 0 Å². The molecule has 0 saturated carbocycles. The topological polar surface area (TPSA) is 106 Å². The van der Waals surface area contributed by atoms with Crippen LogP contribution >= 0.6 is 0 Å². The smallest absolute Gasteiger partial charge is 0.311 e. The first-order valence-electron chi connectivity index (χ1n) is 11.4. The van der Waals surface area contributed by atoms with Crippen molar-refractivity contribution in [3.8, 4) is 11.1 Å². The quantitative estimate of drug-likeness (QED) is 0.546. The van der Waals surface area contributed by atoms with Crippen molar-refractivity contribution >= 4 is 16.0 Å². The predicted octanol–water partition coefficient (Wildman–Crippen LogP) is 2.35. The Hall–Kier alpha value is -3.27. The molecule has 2 aromatic carbocycles. The molecule has 2 aliphatic rings. The fourth-order valence-electron chi connectivity index (χ4n) is 5.58. The number of pyridine rings is 1. The molecule has 0 radical (unpaired) electrons. The first-order chi connectivity index (χ1) is 16.8. The van der Waals surface area contributed by atoms with Crippen molar-refractivity contribution < 1.29 is 23.1 Å². The van der Waals surface area contributed by atoms with E-state index < -0.39 is 46.5 Å². The maximum atomic E-state index is 14.0. The van der Waals surface area contributed by atoms with Crippen LogP contribution in [0, 0.1) is 18.8 Å². The van der Waals surface area contributed by atoms with E-state index in [4.69, 9.17) is 4.74 Å². The molecule has 1 N–H and O–H groups in total.